The molecule has 0 saturated heterocycles. The van der Waals surface area contributed by atoms with E-state index in [4.69, 9.17) is 11.1 Å². The van der Waals surface area contributed by atoms with Crippen molar-refractivity contribution in [2.75, 3.05) is 5.43 Å². The van der Waals surface area contributed by atoms with Gasteiger partial charge in [-0.15, -0.1) is 0 Å². The minimum absolute atomic E-state index is 0.0120. The molecule has 0 aliphatic heterocycles. The number of nitrogen functional groups attached to an aromatic ring is 1. The second-order valence-corrected chi connectivity index (χ2v) is 2.94. The van der Waals surface area contributed by atoms with Crippen molar-refractivity contribution in [1.29, 1.82) is 5.26 Å². The van der Waals surface area contributed by atoms with Crippen molar-refractivity contribution in [3.8, 4) is 23.6 Å². The first-order chi connectivity index (χ1) is 8.24. The second kappa shape index (κ2) is 4.38. The molecule has 0 aliphatic rings. The third kappa shape index (κ3) is 2.09. The van der Waals surface area contributed by atoms with Crippen LogP contribution in [0.3, 0.4) is 0 Å². The third-order valence-corrected chi connectivity index (χ3v) is 1.89. The van der Waals surface area contributed by atoms with Crippen LogP contribution in [0.25, 0.3) is 11.5 Å². The van der Waals surface area contributed by atoms with E-state index in [-0.39, 0.29) is 17.5 Å². The number of nitrogens with two attached hydrogens (primary N) is 1. The van der Waals surface area contributed by atoms with Gasteiger partial charge in [-0.25, -0.2) is 5.84 Å². The van der Waals surface area contributed by atoms with Gasteiger partial charge in [0.25, 0.3) is 0 Å². The lowest BCUT2D eigenvalue weighted by atomic mass is 10.2. The Balaban J connectivity index is 2.60. The Morgan fingerprint density at radius 1 is 1.35 bits per heavy atom. The normalized spacial score (nSPS) is 9.65. The van der Waals surface area contributed by atoms with Crippen molar-refractivity contribution < 1.29 is 5.11 Å². The van der Waals surface area contributed by atoms with Gasteiger partial charge in [0.2, 0.25) is 5.95 Å². The summed E-state index contributed by atoms with van der Waals surface area (Å²) in [5, 5.41) is 18.2. The Morgan fingerprint density at radius 3 is 2.88 bits per heavy atom. The lowest BCUT2D eigenvalue weighted by Crippen LogP contribution is -2.11. The maximum atomic E-state index is 9.28. The smallest absolute Gasteiger partial charge is 0.319 e. The maximum absolute atomic E-state index is 9.28. The summed E-state index contributed by atoms with van der Waals surface area (Å²) in [5.74, 6) is 5.20. The molecular weight excluding hydrogens is 222 g/mol. The standard InChI is InChI=1S/C9H7N7O/c10-4-5-2-1-3-12-6(5)7-13-8(16-11)15-9(17)14-7/h1-3H,11H2,(H2,13,14,15,16,17). The Bertz CT molecular complexity index is 592. The third-order valence-electron chi connectivity index (χ3n) is 1.89. The second-order valence-electron chi connectivity index (χ2n) is 2.94. The predicted molar refractivity (Wildman–Crippen MR) is 57.2 cm³/mol. The van der Waals surface area contributed by atoms with Crippen LogP contribution in [0.4, 0.5) is 5.95 Å². The Hall–Kier alpha value is -2.79. The SMILES string of the molecule is N#Cc1cccnc1-c1nc(O)nc(NN)n1. The molecule has 8 nitrogen and oxygen atoms in total. The van der Waals surface area contributed by atoms with Crippen LogP contribution < -0.4 is 11.3 Å². The van der Waals surface area contributed by atoms with Gasteiger partial charge in [0, 0.05) is 6.20 Å². The van der Waals surface area contributed by atoms with Crippen LogP contribution in [0, 0.1) is 11.3 Å². The first-order valence-corrected chi connectivity index (χ1v) is 4.51. The van der Waals surface area contributed by atoms with Gasteiger partial charge in [-0.05, 0) is 12.1 Å². The molecule has 0 aliphatic carbocycles. The van der Waals surface area contributed by atoms with Gasteiger partial charge in [0.15, 0.2) is 5.82 Å². The number of nitriles is 1. The number of hydrogen-bond donors (Lipinski definition) is 3. The molecule has 2 aromatic heterocycles. The number of aromatic hydroxyl groups is 1. The minimum Gasteiger partial charge on any atom is -0.479 e. The average molecular weight is 229 g/mol. The van der Waals surface area contributed by atoms with Crippen LogP contribution in [0.5, 0.6) is 6.01 Å². The molecule has 8 heteroatoms. The summed E-state index contributed by atoms with van der Waals surface area (Å²) in [6, 6.07) is 4.64. The number of nitrogens with zero attached hydrogens (tertiary/aromatic N) is 5. The van der Waals surface area contributed by atoms with Gasteiger partial charge < -0.3 is 5.11 Å². The molecule has 0 amide bonds. The van der Waals surface area contributed by atoms with Crippen LogP contribution in [0.1, 0.15) is 5.56 Å². The van der Waals surface area contributed by atoms with Crippen molar-refractivity contribution in [2.24, 2.45) is 5.84 Å². The molecule has 0 spiro atoms. The predicted octanol–water partition coefficient (Wildman–Crippen LogP) is -0.204. The summed E-state index contributed by atoms with van der Waals surface area (Å²) < 4.78 is 0. The zero-order valence-corrected chi connectivity index (χ0v) is 8.49. The molecule has 2 rings (SSSR count). The number of hydrazine groups is 1. The zero-order chi connectivity index (χ0) is 12.3. The topological polar surface area (TPSA) is 134 Å². The van der Waals surface area contributed by atoms with Gasteiger partial charge >= 0.3 is 6.01 Å². The highest BCUT2D eigenvalue weighted by Crippen LogP contribution is 2.18. The first-order valence-electron chi connectivity index (χ1n) is 4.51. The van der Waals surface area contributed by atoms with Gasteiger partial charge in [-0.1, -0.05) is 0 Å². The Morgan fingerprint density at radius 2 is 2.18 bits per heavy atom. The lowest BCUT2D eigenvalue weighted by Gasteiger charge is -2.03. The van der Waals surface area contributed by atoms with Crippen LogP contribution in [-0.4, -0.2) is 25.0 Å². The van der Waals surface area contributed by atoms with E-state index in [1.807, 2.05) is 6.07 Å². The molecule has 0 saturated carbocycles. The summed E-state index contributed by atoms with van der Waals surface area (Å²) in [6.07, 6.45) is 1.49. The summed E-state index contributed by atoms with van der Waals surface area (Å²) >= 11 is 0. The van der Waals surface area contributed by atoms with E-state index in [2.05, 4.69) is 25.4 Å². The van der Waals surface area contributed by atoms with E-state index in [0.717, 1.165) is 0 Å². The van der Waals surface area contributed by atoms with Gasteiger partial charge in [0.05, 0.1) is 5.56 Å². The average Bonchev–Trinajstić information content (AvgIpc) is 2.37. The van der Waals surface area contributed by atoms with E-state index in [1.165, 1.54) is 6.20 Å². The number of rotatable bonds is 2. The van der Waals surface area contributed by atoms with Crippen molar-refractivity contribution >= 4 is 5.95 Å². The minimum atomic E-state index is -0.502. The molecule has 4 N–H and O–H groups in total. The molecule has 0 fully saturated rings. The number of hydrogen-bond acceptors (Lipinski definition) is 8. The monoisotopic (exact) mass is 229 g/mol. The molecule has 0 radical (unpaired) electrons. The fourth-order valence-corrected chi connectivity index (χ4v) is 1.21. The molecule has 0 bridgehead atoms. The summed E-state index contributed by atoms with van der Waals surface area (Å²) in [4.78, 5) is 15.1. The summed E-state index contributed by atoms with van der Waals surface area (Å²) in [5.41, 5.74) is 2.73. The Kier molecular flexibility index (Phi) is 2.76. The summed E-state index contributed by atoms with van der Waals surface area (Å²) in [6.45, 7) is 0. The van der Waals surface area contributed by atoms with Crippen molar-refractivity contribution in [1.82, 2.24) is 19.9 Å². The van der Waals surface area contributed by atoms with Gasteiger partial charge in [-0.3, -0.25) is 10.4 Å². The van der Waals surface area contributed by atoms with E-state index in [1.54, 1.807) is 12.1 Å². The van der Waals surface area contributed by atoms with E-state index >= 15 is 0 Å². The fraction of sp³-hybridized carbons (Fsp3) is 0. The number of anilines is 1. The maximum Gasteiger partial charge on any atom is 0.319 e. The van der Waals surface area contributed by atoms with Crippen LogP contribution in [0.2, 0.25) is 0 Å². The van der Waals surface area contributed by atoms with E-state index in [0.29, 0.717) is 5.56 Å². The molecule has 17 heavy (non-hydrogen) atoms. The van der Waals surface area contributed by atoms with Crippen molar-refractivity contribution in [3.05, 3.63) is 23.9 Å². The van der Waals surface area contributed by atoms with Crippen LogP contribution >= 0.6 is 0 Å². The number of pyridine rings is 1. The van der Waals surface area contributed by atoms with Gasteiger partial charge in [0.1, 0.15) is 11.8 Å². The molecule has 0 atom stereocenters. The zero-order valence-electron chi connectivity index (χ0n) is 8.49. The highest BCUT2D eigenvalue weighted by atomic mass is 16.3. The largest absolute Gasteiger partial charge is 0.479 e. The lowest BCUT2D eigenvalue weighted by molar-refractivity contribution is 0.429. The van der Waals surface area contributed by atoms with Crippen LogP contribution in [0.15, 0.2) is 18.3 Å². The molecule has 0 aromatic carbocycles. The highest BCUT2D eigenvalue weighted by molar-refractivity contribution is 5.60. The molecule has 84 valence electrons. The number of aromatic nitrogens is 4. The van der Waals surface area contributed by atoms with Gasteiger partial charge in [-0.2, -0.15) is 20.2 Å². The van der Waals surface area contributed by atoms with Crippen LogP contribution in [-0.2, 0) is 0 Å². The fourth-order valence-electron chi connectivity index (χ4n) is 1.21. The summed E-state index contributed by atoms with van der Waals surface area (Å²) in [7, 11) is 0. The first kappa shape index (κ1) is 10.7. The quantitative estimate of drug-likeness (QED) is 0.476. The highest BCUT2D eigenvalue weighted by Gasteiger charge is 2.12. The Labute approximate surface area is 95.8 Å². The van der Waals surface area contributed by atoms with E-state index in [9.17, 15) is 5.11 Å². The number of nitrogens with one attached hydrogen (secondary N) is 1. The molecular formula is C9H7N7O. The van der Waals surface area contributed by atoms with Crippen molar-refractivity contribution in [3.63, 3.8) is 0 Å². The molecule has 2 aromatic rings. The molecule has 0 unspecified atom stereocenters. The van der Waals surface area contributed by atoms with E-state index < -0.39 is 6.01 Å². The van der Waals surface area contributed by atoms with Crippen molar-refractivity contribution in [2.45, 2.75) is 0 Å². The molecule has 2 heterocycles.